The molecule has 0 spiro atoms. The van der Waals surface area contributed by atoms with Gasteiger partial charge in [-0.2, -0.15) is 0 Å². The molecule has 15 heavy (non-hydrogen) atoms. The van der Waals surface area contributed by atoms with Crippen LogP contribution in [-0.2, 0) is 9.47 Å². The van der Waals surface area contributed by atoms with Crippen LogP contribution in [0.5, 0.6) is 0 Å². The van der Waals surface area contributed by atoms with E-state index < -0.39 is 0 Å². The lowest BCUT2D eigenvalue weighted by Gasteiger charge is -2.37. The van der Waals surface area contributed by atoms with Gasteiger partial charge in [0.05, 0.1) is 18.8 Å². The molecule has 1 heterocycles. The molecule has 0 saturated carbocycles. The molecule has 90 valence electrons. The van der Waals surface area contributed by atoms with Crippen molar-refractivity contribution in [2.75, 3.05) is 26.3 Å². The van der Waals surface area contributed by atoms with Crippen LogP contribution in [0.4, 0.5) is 0 Å². The van der Waals surface area contributed by atoms with Crippen molar-refractivity contribution in [3.05, 3.63) is 0 Å². The van der Waals surface area contributed by atoms with E-state index in [2.05, 4.69) is 32.6 Å². The van der Waals surface area contributed by atoms with Crippen LogP contribution >= 0.6 is 0 Å². The Labute approximate surface area is 93.7 Å². The summed E-state index contributed by atoms with van der Waals surface area (Å²) in [6.07, 6.45) is 1.84. The van der Waals surface area contributed by atoms with Crippen LogP contribution in [-0.4, -0.2) is 49.5 Å². The molecular formula is C12H25NO2. The van der Waals surface area contributed by atoms with Gasteiger partial charge in [-0.3, -0.25) is 4.90 Å². The van der Waals surface area contributed by atoms with Crippen molar-refractivity contribution in [2.24, 2.45) is 0 Å². The number of hydrogen-bond acceptors (Lipinski definition) is 3. The van der Waals surface area contributed by atoms with Crippen molar-refractivity contribution in [3.8, 4) is 0 Å². The first-order valence-corrected chi connectivity index (χ1v) is 6.08. The molecule has 2 unspecified atom stereocenters. The highest BCUT2D eigenvalue weighted by Gasteiger charge is 2.24. The predicted octanol–water partition coefficient (Wildman–Crippen LogP) is 1.91. The molecule has 0 aliphatic carbocycles. The zero-order valence-electron chi connectivity index (χ0n) is 10.5. The maximum absolute atomic E-state index is 5.59. The van der Waals surface area contributed by atoms with E-state index in [9.17, 15) is 0 Å². The maximum atomic E-state index is 5.59. The van der Waals surface area contributed by atoms with Crippen molar-refractivity contribution in [2.45, 2.75) is 52.4 Å². The number of rotatable bonds is 5. The van der Waals surface area contributed by atoms with Crippen LogP contribution in [0.15, 0.2) is 0 Å². The van der Waals surface area contributed by atoms with Gasteiger partial charge in [0.1, 0.15) is 0 Å². The lowest BCUT2D eigenvalue weighted by atomic mass is 10.1. The van der Waals surface area contributed by atoms with Gasteiger partial charge in [-0.25, -0.2) is 0 Å². The second-order valence-corrected chi connectivity index (χ2v) is 4.63. The summed E-state index contributed by atoms with van der Waals surface area (Å²) in [4.78, 5) is 2.50. The van der Waals surface area contributed by atoms with Crippen molar-refractivity contribution in [3.63, 3.8) is 0 Å². The normalized spacial score (nSPS) is 28.6. The Morgan fingerprint density at radius 1 is 1.40 bits per heavy atom. The van der Waals surface area contributed by atoms with E-state index in [-0.39, 0.29) is 0 Å². The van der Waals surface area contributed by atoms with E-state index in [1.54, 1.807) is 0 Å². The fraction of sp³-hybridized carbons (Fsp3) is 1.00. The van der Waals surface area contributed by atoms with Gasteiger partial charge in [-0.05, 0) is 34.1 Å². The molecule has 3 heteroatoms. The first kappa shape index (κ1) is 12.9. The summed E-state index contributed by atoms with van der Waals surface area (Å²) in [6, 6.07) is 0.540. The van der Waals surface area contributed by atoms with Gasteiger partial charge in [0.25, 0.3) is 0 Å². The smallest absolute Gasteiger partial charge is 0.0700 e. The third kappa shape index (κ3) is 4.49. The molecule has 0 radical (unpaired) electrons. The van der Waals surface area contributed by atoms with Crippen LogP contribution in [0.1, 0.15) is 34.1 Å². The summed E-state index contributed by atoms with van der Waals surface area (Å²) >= 11 is 0. The molecule has 1 fully saturated rings. The molecule has 0 amide bonds. The summed E-state index contributed by atoms with van der Waals surface area (Å²) in [6.45, 7) is 12.5. The van der Waals surface area contributed by atoms with Gasteiger partial charge in [0, 0.05) is 25.7 Å². The highest BCUT2D eigenvalue weighted by Crippen LogP contribution is 2.13. The standard InChI is InChI=1S/C12H25NO2/c1-10(2)14-8-5-6-13-7-9-15-12(4)11(13)3/h10-12H,5-9H2,1-4H3. The Bertz CT molecular complexity index is 173. The number of morpholine rings is 1. The Balaban J connectivity index is 2.14. The molecule has 3 nitrogen and oxygen atoms in total. The molecule has 1 saturated heterocycles. The first-order chi connectivity index (χ1) is 7.11. The van der Waals surface area contributed by atoms with Crippen molar-refractivity contribution in [1.29, 1.82) is 0 Å². The van der Waals surface area contributed by atoms with E-state index in [1.165, 1.54) is 0 Å². The summed E-state index contributed by atoms with van der Waals surface area (Å²) in [5.74, 6) is 0. The largest absolute Gasteiger partial charge is 0.379 e. The average Bonchev–Trinajstić information content (AvgIpc) is 2.18. The monoisotopic (exact) mass is 215 g/mol. The summed E-state index contributed by atoms with van der Waals surface area (Å²) in [7, 11) is 0. The van der Waals surface area contributed by atoms with Crippen LogP contribution in [0, 0.1) is 0 Å². The van der Waals surface area contributed by atoms with Crippen LogP contribution in [0.25, 0.3) is 0 Å². The van der Waals surface area contributed by atoms with Gasteiger partial charge in [-0.1, -0.05) is 0 Å². The van der Waals surface area contributed by atoms with Crippen molar-refractivity contribution in [1.82, 2.24) is 4.90 Å². The summed E-state index contributed by atoms with van der Waals surface area (Å²) in [5.41, 5.74) is 0. The molecule has 0 aromatic carbocycles. The van der Waals surface area contributed by atoms with Crippen LogP contribution in [0.2, 0.25) is 0 Å². The van der Waals surface area contributed by atoms with E-state index >= 15 is 0 Å². The molecule has 0 bridgehead atoms. The molecule has 1 rings (SSSR count). The highest BCUT2D eigenvalue weighted by atomic mass is 16.5. The van der Waals surface area contributed by atoms with Gasteiger partial charge in [0.15, 0.2) is 0 Å². The lowest BCUT2D eigenvalue weighted by Crippen LogP contribution is -2.48. The number of ether oxygens (including phenoxy) is 2. The highest BCUT2D eigenvalue weighted by molar-refractivity contribution is 4.77. The van der Waals surface area contributed by atoms with Crippen LogP contribution in [0.3, 0.4) is 0 Å². The minimum absolute atomic E-state index is 0.353. The SMILES string of the molecule is CC(C)OCCCN1CCOC(C)C1C. The Kier molecular flexibility index (Phi) is 5.58. The topological polar surface area (TPSA) is 21.7 Å². The summed E-state index contributed by atoms with van der Waals surface area (Å²) < 4.78 is 11.1. The first-order valence-electron chi connectivity index (χ1n) is 6.08. The van der Waals surface area contributed by atoms with E-state index in [1.807, 2.05) is 0 Å². The third-order valence-electron chi connectivity index (χ3n) is 3.06. The second kappa shape index (κ2) is 6.46. The van der Waals surface area contributed by atoms with E-state index in [0.29, 0.717) is 18.2 Å². The molecule has 2 atom stereocenters. The van der Waals surface area contributed by atoms with E-state index in [0.717, 1.165) is 32.7 Å². The number of hydrogen-bond donors (Lipinski definition) is 0. The zero-order valence-corrected chi connectivity index (χ0v) is 10.5. The third-order valence-corrected chi connectivity index (χ3v) is 3.06. The average molecular weight is 215 g/mol. The predicted molar refractivity (Wildman–Crippen MR) is 62.2 cm³/mol. The molecular weight excluding hydrogens is 190 g/mol. The van der Waals surface area contributed by atoms with Crippen LogP contribution < -0.4 is 0 Å². The molecule has 0 aromatic heterocycles. The minimum atomic E-state index is 0.353. The maximum Gasteiger partial charge on any atom is 0.0700 e. The molecule has 1 aliphatic rings. The Morgan fingerprint density at radius 2 is 2.13 bits per heavy atom. The van der Waals surface area contributed by atoms with Gasteiger partial charge >= 0.3 is 0 Å². The van der Waals surface area contributed by atoms with Gasteiger partial charge in [0.2, 0.25) is 0 Å². The zero-order chi connectivity index (χ0) is 11.3. The van der Waals surface area contributed by atoms with Gasteiger partial charge < -0.3 is 9.47 Å². The quantitative estimate of drug-likeness (QED) is 0.654. The number of nitrogens with zero attached hydrogens (tertiary/aromatic N) is 1. The molecule has 1 aliphatic heterocycles. The fourth-order valence-electron chi connectivity index (χ4n) is 1.90. The second-order valence-electron chi connectivity index (χ2n) is 4.63. The molecule has 0 N–H and O–H groups in total. The van der Waals surface area contributed by atoms with E-state index in [4.69, 9.17) is 9.47 Å². The summed E-state index contributed by atoms with van der Waals surface area (Å²) in [5, 5.41) is 0. The molecule has 0 aromatic rings. The Morgan fingerprint density at radius 3 is 2.80 bits per heavy atom. The minimum Gasteiger partial charge on any atom is -0.379 e. The lowest BCUT2D eigenvalue weighted by molar-refractivity contribution is -0.0579. The van der Waals surface area contributed by atoms with Gasteiger partial charge in [-0.15, -0.1) is 0 Å². The van der Waals surface area contributed by atoms with Crippen molar-refractivity contribution >= 4 is 0 Å². The fourth-order valence-corrected chi connectivity index (χ4v) is 1.90. The Hall–Kier alpha value is -0.120. The van der Waals surface area contributed by atoms with Crippen molar-refractivity contribution < 1.29 is 9.47 Å².